The molecule has 0 aromatic carbocycles. The Bertz CT molecular complexity index is 252. The highest BCUT2D eigenvalue weighted by atomic mass is 15.2. The smallest absolute Gasteiger partial charge is 0.0244 e. The molecule has 1 N–H and O–H groups in total. The van der Waals surface area contributed by atoms with Crippen molar-refractivity contribution < 1.29 is 0 Å². The minimum absolute atomic E-state index is 0.360. The second-order valence-electron chi connectivity index (χ2n) is 8.29. The van der Waals surface area contributed by atoms with Crippen LogP contribution in [0.4, 0.5) is 0 Å². The summed E-state index contributed by atoms with van der Waals surface area (Å²) in [5, 5.41) is 3.79. The third kappa shape index (κ3) is 5.83. The molecule has 0 amide bonds. The van der Waals surface area contributed by atoms with Crippen LogP contribution in [0.1, 0.15) is 61.3 Å². The van der Waals surface area contributed by atoms with Crippen molar-refractivity contribution in [2.45, 2.75) is 73.4 Å². The summed E-state index contributed by atoms with van der Waals surface area (Å²) >= 11 is 0. The van der Waals surface area contributed by atoms with E-state index in [1.165, 1.54) is 25.9 Å². The molecule has 0 aromatic rings. The molecule has 1 saturated heterocycles. The van der Waals surface area contributed by atoms with Crippen LogP contribution in [-0.2, 0) is 0 Å². The number of rotatable bonds is 5. The normalized spacial score (nSPS) is 26.4. The van der Waals surface area contributed by atoms with E-state index in [1.807, 2.05) is 0 Å². The SMILES string of the molecule is CC(C)CCN1CC(C(C)(C)C)NCC1CC(C)C. The van der Waals surface area contributed by atoms with E-state index in [0.717, 1.165) is 24.4 Å². The van der Waals surface area contributed by atoms with Crippen molar-refractivity contribution in [2.24, 2.45) is 17.3 Å². The Morgan fingerprint density at radius 3 is 2.21 bits per heavy atom. The van der Waals surface area contributed by atoms with Gasteiger partial charge in [0.1, 0.15) is 0 Å². The zero-order valence-corrected chi connectivity index (χ0v) is 14.3. The first-order valence-corrected chi connectivity index (χ1v) is 8.17. The summed E-state index contributed by atoms with van der Waals surface area (Å²) in [6.07, 6.45) is 2.65. The first-order valence-electron chi connectivity index (χ1n) is 8.17. The van der Waals surface area contributed by atoms with Crippen LogP contribution in [0, 0.1) is 17.3 Å². The number of nitrogens with one attached hydrogen (secondary N) is 1. The lowest BCUT2D eigenvalue weighted by Crippen LogP contribution is -2.60. The van der Waals surface area contributed by atoms with E-state index in [4.69, 9.17) is 0 Å². The lowest BCUT2D eigenvalue weighted by molar-refractivity contribution is 0.0714. The van der Waals surface area contributed by atoms with Crippen LogP contribution in [0.3, 0.4) is 0 Å². The first-order chi connectivity index (χ1) is 8.70. The minimum atomic E-state index is 0.360. The molecule has 0 bridgehead atoms. The summed E-state index contributed by atoms with van der Waals surface area (Å²) in [5.74, 6) is 1.60. The molecular weight excluding hydrogens is 232 g/mol. The Morgan fingerprint density at radius 1 is 1.11 bits per heavy atom. The van der Waals surface area contributed by atoms with Crippen LogP contribution in [0.15, 0.2) is 0 Å². The van der Waals surface area contributed by atoms with E-state index in [-0.39, 0.29) is 0 Å². The van der Waals surface area contributed by atoms with E-state index in [1.54, 1.807) is 0 Å². The van der Waals surface area contributed by atoms with Gasteiger partial charge in [-0.1, -0.05) is 48.5 Å². The van der Waals surface area contributed by atoms with Gasteiger partial charge in [0.25, 0.3) is 0 Å². The standard InChI is InChI=1S/C17H36N2/c1-13(2)8-9-19-12-16(17(5,6)7)18-11-15(19)10-14(3)4/h13-16,18H,8-12H2,1-7H3. The fraction of sp³-hybridized carbons (Fsp3) is 1.00. The van der Waals surface area contributed by atoms with Crippen molar-refractivity contribution in [3.8, 4) is 0 Å². The maximum absolute atomic E-state index is 3.79. The fourth-order valence-corrected chi connectivity index (χ4v) is 2.91. The molecular formula is C17H36N2. The summed E-state index contributed by atoms with van der Waals surface area (Å²) in [5.41, 5.74) is 0.360. The van der Waals surface area contributed by atoms with Crippen molar-refractivity contribution in [3.05, 3.63) is 0 Å². The predicted molar refractivity (Wildman–Crippen MR) is 85.5 cm³/mol. The minimum Gasteiger partial charge on any atom is -0.311 e. The van der Waals surface area contributed by atoms with Crippen molar-refractivity contribution >= 4 is 0 Å². The molecule has 2 heteroatoms. The molecule has 1 heterocycles. The Kier molecular flexibility index (Phi) is 6.32. The molecule has 0 radical (unpaired) electrons. The van der Waals surface area contributed by atoms with Crippen molar-refractivity contribution in [1.29, 1.82) is 0 Å². The molecule has 2 atom stereocenters. The Morgan fingerprint density at radius 2 is 1.74 bits per heavy atom. The first kappa shape index (κ1) is 17.0. The van der Waals surface area contributed by atoms with E-state index in [9.17, 15) is 0 Å². The molecule has 2 nitrogen and oxygen atoms in total. The maximum atomic E-state index is 3.79. The van der Waals surface area contributed by atoms with Gasteiger partial charge in [0.2, 0.25) is 0 Å². The Hall–Kier alpha value is -0.0800. The van der Waals surface area contributed by atoms with Gasteiger partial charge in [-0.05, 0) is 36.6 Å². The van der Waals surface area contributed by atoms with E-state index >= 15 is 0 Å². The summed E-state index contributed by atoms with van der Waals surface area (Å²) in [6.45, 7) is 20.1. The lowest BCUT2D eigenvalue weighted by Gasteiger charge is -2.46. The lowest BCUT2D eigenvalue weighted by atomic mass is 9.84. The fourth-order valence-electron chi connectivity index (χ4n) is 2.91. The van der Waals surface area contributed by atoms with E-state index in [0.29, 0.717) is 11.5 Å². The molecule has 0 aromatic heterocycles. The van der Waals surface area contributed by atoms with E-state index in [2.05, 4.69) is 58.7 Å². The second-order valence-corrected chi connectivity index (χ2v) is 8.29. The second kappa shape index (κ2) is 7.08. The van der Waals surface area contributed by atoms with Crippen LogP contribution in [0.25, 0.3) is 0 Å². The Labute approximate surface area is 121 Å². The van der Waals surface area contributed by atoms with Gasteiger partial charge in [-0.3, -0.25) is 4.90 Å². The molecule has 114 valence electrons. The quantitative estimate of drug-likeness (QED) is 0.816. The van der Waals surface area contributed by atoms with Crippen LogP contribution in [-0.4, -0.2) is 36.6 Å². The number of piperazine rings is 1. The number of hydrogen-bond donors (Lipinski definition) is 1. The van der Waals surface area contributed by atoms with Gasteiger partial charge in [-0.2, -0.15) is 0 Å². The summed E-state index contributed by atoms with van der Waals surface area (Å²) < 4.78 is 0. The zero-order chi connectivity index (χ0) is 14.6. The highest BCUT2D eigenvalue weighted by Crippen LogP contribution is 2.25. The topological polar surface area (TPSA) is 15.3 Å². The van der Waals surface area contributed by atoms with Gasteiger partial charge < -0.3 is 5.32 Å². The molecule has 2 unspecified atom stereocenters. The monoisotopic (exact) mass is 268 g/mol. The average Bonchev–Trinajstić information content (AvgIpc) is 2.25. The van der Waals surface area contributed by atoms with Crippen molar-refractivity contribution in [1.82, 2.24) is 10.2 Å². The molecule has 1 aliphatic rings. The van der Waals surface area contributed by atoms with Crippen LogP contribution >= 0.6 is 0 Å². The van der Waals surface area contributed by atoms with Gasteiger partial charge in [-0.25, -0.2) is 0 Å². The highest BCUT2D eigenvalue weighted by molar-refractivity contribution is 4.92. The summed E-state index contributed by atoms with van der Waals surface area (Å²) in [6, 6.07) is 1.36. The average molecular weight is 268 g/mol. The van der Waals surface area contributed by atoms with Gasteiger partial charge in [-0.15, -0.1) is 0 Å². The molecule has 1 rings (SSSR count). The number of nitrogens with zero attached hydrogens (tertiary/aromatic N) is 1. The molecule has 1 fully saturated rings. The predicted octanol–water partition coefficient (Wildman–Crippen LogP) is 3.77. The van der Waals surface area contributed by atoms with Crippen LogP contribution in [0.5, 0.6) is 0 Å². The largest absolute Gasteiger partial charge is 0.311 e. The van der Waals surface area contributed by atoms with Crippen LogP contribution < -0.4 is 5.32 Å². The van der Waals surface area contributed by atoms with Gasteiger partial charge in [0, 0.05) is 25.2 Å². The molecule has 0 aliphatic carbocycles. The van der Waals surface area contributed by atoms with E-state index < -0.39 is 0 Å². The van der Waals surface area contributed by atoms with Crippen LogP contribution in [0.2, 0.25) is 0 Å². The maximum Gasteiger partial charge on any atom is 0.0244 e. The van der Waals surface area contributed by atoms with Gasteiger partial charge >= 0.3 is 0 Å². The number of hydrogen-bond acceptors (Lipinski definition) is 2. The molecule has 0 spiro atoms. The molecule has 0 saturated carbocycles. The van der Waals surface area contributed by atoms with Gasteiger partial charge in [0.15, 0.2) is 0 Å². The van der Waals surface area contributed by atoms with Crippen molar-refractivity contribution in [2.75, 3.05) is 19.6 Å². The Balaban J connectivity index is 2.63. The summed E-state index contributed by atoms with van der Waals surface area (Å²) in [7, 11) is 0. The highest BCUT2D eigenvalue weighted by Gasteiger charge is 2.33. The molecule has 1 aliphatic heterocycles. The third-order valence-corrected chi connectivity index (χ3v) is 4.32. The van der Waals surface area contributed by atoms with Gasteiger partial charge in [0.05, 0.1) is 0 Å². The zero-order valence-electron chi connectivity index (χ0n) is 14.3. The summed E-state index contributed by atoms with van der Waals surface area (Å²) in [4.78, 5) is 2.76. The van der Waals surface area contributed by atoms with Crippen molar-refractivity contribution in [3.63, 3.8) is 0 Å². The third-order valence-electron chi connectivity index (χ3n) is 4.32. The molecule has 19 heavy (non-hydrogen) atoms.